The molecule has 0 saturated carbocycles. The van der Waals surface area contributed by atoms with E-state index in [1.807, 2.05) is 13.8 Å². The number of ether oxygens (including phenoxy) is 1. The summed E-state index contributed by atoms with van der Waals surface area (Å²) in [5.41, 5.74) is 1.09. The lowest BCUT2D eigenvalue weighted by atomic mass is 9.88. The average Bonchev–Trinajstić information content (AvgIpc) is 2.88. The van der Waals surface area contributed by atoms with Gasteiger partial charge in [-0.2, -0.15) is 0 Å². The maximum absolute atomic E-state index is 13.3. The van der Waals surface area contributed by atoms with Crippen LogP contribution in [0, 0.1) is 5.92 Å². The quantitative estimate of drug-likeness (QED) is 0.566. The topological polar surface area (TPSA) is 91.0 Å². The Morgan fingerprint density at radius 2 is 1.74 bits per heavy atom. The highest BCUT2D eigenvalue weighted by Gasteiger charge is 2.35. The van der Waals surface area contributed by atoms with Crippen molar-refractivity contribution in [1.82, 2.24) is 15.1 Å². The van der Waals surface area contributed by atoms with Gasteiger partial charge in [-0.05, 0) is 75.1 Å². The molecular formula is C26H33ClN4O4. The lowest BCUT2D eigenvalue weighted by Crippen LogP contribution is -2.55. The minimum Gasteiger partial charge on any atom is -0.497 e. The lowest BCUT2D eigenvalue weighted by molar-refractivity contribution is -0.134. The van der Waals surface area contributed by atoms with E-state index in [4.69, 9.17) is 16.3 Å². The Balaban J connectivity index is 1.68. The number of hydrogen-bond acceptors (Lipinski definition) is 4. The maximum atomic E-state index is 13.3. The van der Waals surface area contributed by atoms with Crippen LogP contribution in [0.15, 0.2) is 48.5 Å². The molecule has 0 unspecified atom stereocenters. The Bertz CT molecular complexity index is 1020. The molecule has 0 aromatic heterocycles. The lowest BCUT2D eigenvalue weighted by Gasteiger charge is -2.37. The number of nitrogens with zero attached hydrogens (tertiary/aromatic N) is 2. The number of rotatable bonds is 8. The fourth-order valence-electron chi connectivity index (χ4n) is 4.28. The number of carbonyl (C=O) groups excluding carboxylic acids is 3. The van der Waals surface area contributed by atoms with Crippen molar-refractivity contribution in [3.05, 3.63) is 59.1 Å². The summed E-state index contributed by atoms with van der Waals surface area (Å²) < 4.78 is 5.16. The molecule has 0 aliphatic carbocycles. The Labute approximate surface area is 211 Å². The van der Waals surface area contributed by atoms with Crippen LogP contribution in [0.3, 0.4) is 0 Å². The SMILES string of the molecule is CCN(CC)C(=O)[C@@H](NC(=O)c1ccc(OC)cc1)C1CCN(C(=O)Nc2cccc(Cl)c2)CC1. The molecule has 0 spiro atoms. The molecule has 188 valence electrons. The number of methoxy groups -OCH3 is 1. The number of anilines is 1. The van der Waals surface area contributed by atoms with Gasteiger partial charge >= 0.3 is 6.03 Å². The second-order valence-corrected chi connectivity index (χ2v) is 8.89. The van der Waals surface area contributed by atoms with Crippen molar-refractivity contribution < 1.29 is 19.1 Å². The van der Waals surface area contributed by atoms with Crippen LogP contribution in [-0.4, -0.2) is 67.0 Å². The van der Waals surface area contributed by atoms with Gasteiger partial charge in [-0.3, -0.25) is 9.59 Å². The van der Waals surface area contributed by atoms with Crippen molar-refractivity contribution in [2.75, 3.05) is 38.6 Å². The summed E-state index contributed by atoms with van der Waals surface area (Å²) in [5.74, 6) is 0.166. The highest BCUT2D eigenvalue weighted by molar-refractivity contribution is 6.30. The molecule has 1 heterocycles. The van der Waals surface area contributed by atoms with Gasteiger partial charge in [-0.1, -0.05) is 17.7 Å². The van der Waals surface area contributed by atoms with Crippen LogP contribution in [0.1, 0.15) is 37.0 Å². The van der Waals surface area contributed by atoms with Crippen molar-refractivity contribution in [3.63, 3.8) is 0 Å². The van der Waals surface area contributed by atoms with E-state index in [0.717, 1.165) is 0 Å². The van der Waals surface area contributed by atoms with Crippen LogP contribution in [0.25, 0.3) is 0 Å². The van der Waals surface area contributed by atoms with Gasteiger partial charge in [0.1, 0.15) is 11.8 Å². The van der Waals surface area contributed by atoms with Crippen molar-refractivity contribution in [1.29, 1.82) is 0 Å². The first-order valence-corrected chi connectivity index (χ1v) is 12.3. The summed E-state index contributed by atoms with van der Waals surface area (Å²) in [6.45, 7) is 5.93. The second kappa shape index (κ2) is 12.4. The third-order valence-electron chi connectivity index (χ3n) is 6.35. The number of likely N-dealkylation sites (N-methyl/N-ethyl adjacent to an activating group) is 1. The first-order chi connectivity index (χ1) is 16.9. The molecule has 8 nitrogen and oxygen atoms in total. The molecular weight excluding hydrogens is 468 g/mol. The van der Waals surface area contributed by atoms with Crippen molar-refractivity contribution >= 4 is 35.1 Å². The highest BCUT2D eigenvalue weighted by Crippen LogP contribution is 2.24. The molecule has 2 aromatic carbocycles. The normalized spacial score (nSPS) is 14.7. The summed E-state index contributed by atoms with van der Waals surface area (Å²) in [7, 11) is 1.56. The molecule has 1 fully saturated rings. The van der Waals surface area contributed by atoms with Crippen molar-refractivity contribution in [2.24, 2.45) is 5.92 Å². The van der Waals surface area contributed by atoms with Gasteiger partial charge in [-0.25, -0.2) is 4.79 Å². The summed E-state index contributed by atoms with van der Waals surface area (Å²) >= 11 is 6.01. The van der Waals surface area contributed by atoms with Crippen molar-refractivity contribution in [3.8, 4) is 5.75 Å². The van der Waals surface area contributed by atoms with Gasteiger partial charge in [0.2, 0.25) is 5.91 Å². The highest BCUT2D eigenvalue weighted by atomic mass is 35.5. The first-order valence-electron chi connectivity index (χ1n) is 11.9. The van der Waals surface area contributed by atoms with Crippen LogP contribution in [-0.2, 0) is 4.79 Å². The number of carbonyl (C=O) groups is 3. The van der Waals surface area contributed by atoms with Crippen molar-refractivity contribution in [2.45, 2.75) is 32.7 Å². The molecule has 1 saturated heterocycles. The number of urea groups is 1. The van der Waals surface area contributed by atoms with Crippen LogP contribution in [0.4, 0.5) is 10.5 Å². The molecule has 1 aliphatic heterocycles. The predicted molar refractivity (Wildman–Crippen MR) is 137 cm³/mol. The van der Waals surface area contributed by atoms with Crippen LogP contribution < -0.4 is 15.4 Å². The standard InChI is InChI=1S/C26H33ClN4O4/c1-4-30(5-2)25(33)23(29-24(32)19-9-11-22(35-3)12-10-19)18-13-15-31(16-14-18)26(34)28-21-8-6-7-20(27)17-21/h6-12,17-18,23H,4-5,13-16H2,1-3H3,(H,28,34)(H,29,32)/t23-/m0/s1. The number of benzene rings is 2. The average molecular weight is 501 g/mol. The van der Waals surface area contributed by atoms with E-state index in [0.29, 0.717) is 61.0 Å². The largest absolute Gasteiger partial charge is 0.497 e. The minimum atomic E-state index is -0.664. The fourth-order valence-corrected chi connectivity index (χ4v) is 4.48. The minimum absolute atomic E-state index is 0.0829. The number of amides is 4. The maximum Gasteiger partial charge on any atom is 0.321 e. The number of piperidine rings is 1. The summed E-state index contributed by atoms with van der Waals surface area (Å²) in [6.07, 6.45) is 1.20. The molecule has 0 bridgehead atoms. The summed E-state index contributed by atoms with van der Waals surface area (Å²) in [6, 6.07) is 12.9. The Morgan fingerprint density at radius 1 is 1.09 bits per heavy atom. The van der Waals surface area contributed by atoms with E-state index < -0.39 is 6.04 Å². The monoisotopic (exact) mass is 500 g/mol. The molecule has 9 heteroatoms. The van der Waals surface area contributed by atoms with Gasteiger partial charge in [0, 0.05) is 42.5 Å². The van der Waals surface area contributed by atoms with Crippen LogP contribution in [0.5, 0.6) is 5.75 Å². The van der Waals surface area contributed by atoms with E-state index in [9.17, 15) is 14.4 Å². The van der Waals surface area contributed by atoms with Crippen LogP contribution >= 0.6 is 11.6 Å². The molecule has 1 atom stereocenters. The molecule has 2 N–H and O–H groups in total. The van der Waals surface area contributed by atoms with Gasteiger partial charge < -0.3 is 25.2 Å². The zero-order valence-corrected chi connectivity index (χ0v) is 21.2. The molecule has 35 heavy (non-hydrogen) atoms. The van der Waals surface area contributed by atoms with Gasteiger partial charge in [0.25, 0.3) is 5.91 Å². The molecule has 4 amide bonds. The van der Waals surface area contributed by atoms with E-state index in [2.05, 4.69) is 10.6 Å². The first kappa shape index (κ1) is 26.3. The third-order valence-corrected chi connectivity index (χ3v) is 6.59. The van der Waals surface area contributed by atoms with E-state index in [1.165, 1.54) is 0 Å². The molecule has 0 radical (unpaired) electrons. The predicted octanol–water partition coefficient (Wildman–Crippen LogP) is 4.26. The Hall–Kier alpha value is -3.26. The van der Waals surface area contributed by atoms with E-state index in [1.54, 1.807) is 65.4 Å². The summed E-state index contributed by atoms with van der Waals surface area (Å²) in [4.78, 5) is 42.5. The van der Waals surface area contributed by atoms with Gasteiger partial charge in [-0.15, -0.1) is 0 Å². The number of nitrogens with one attached hydrogen (secondary N) is 2. The molecule has 2 aromatic rings. The number of hydrogen-bond donors (Lipinski definition) is 2. The zero-order chi connectivity index (χ0) is 25.4. The van der Waals surface area contributed by atoms with E-state index >= 15 is 0 Å². The zero-order valence-electron chi connectivity index (χ0n) is 20.4. The molecule has 1 aliphatic rings. The molecule has 3 rings (SSSR count). The van der Waals surface area contributed by atoms with E-state index in [-0.39, 0.29) is 23.8 Å². The van der Waals surface area contributed by atoms with Gasteiger partial charge in [0.05, 0.1) is 7.11 Å². The Kier molecular flexibility index (Phi) is 9.37. The number of halogens is 1. The summed E-state index contributed by atoms with van der Waals surface area (Å²) in [5, 5.41) is 6.39. The van der Waals surface area contributed by atoms with Crippen LogP contribution in [0.2, 0.25) is 5.02 Å². The van der Waals surface area contributed by atoms with Gasteiger partial charge in [0.15, 0.2) is 0 Å². The second-order valence-electron chi connectivity index (χ2n) is 8.46. The fraction of sp³-hybridized carbons (Fsp3) is 0.423. The number of likely N-dealkylation sites (tertiary alicyclic amines) is 1. The third kappa shape index (κ3) is 6.88. The Morgan fingerprint density at radius 3 is 2.31 bits per heavy atom. The smallest absolute Gasteiger partial charge is 0.321 e.